The van der Waals surface area contributed by atoms with E-state index >= 15 is 0 Å². The van der Waals surface area contributed by atoms with Crippen molar-refractivity contribution in [3.63, 3.8) is 0 Å². The van der Waals surface area contributed by atoms with Crippen LogP contribution in [0.1, 0.15) is 30.9 Å². The molecular formula is C13H20N2O2. The third-order valence-corrected chi connectivity index (χ3v) is 2.64. The molecule has 4 heteroatoms. The highest BCUT2D eigenvalue weighted by atomic mass is 16.3. The van der Waals surface area contributed by atoms with Crippen molar-refractivity contribution < 1.29 is 9.90 Å². The standard InChI is InChI=1S/C13H20N2O2/c1-4-5-10(14)13(17)15-11-7-8(2)6-9(3)12(11)16/h6-7,10,16H,4-5,14H2,1-3H3,(H,15,17)/t10-/m0/s1. The smallest absolute Gasteiger partial charge is 0.241 e. The molecule has 4 nitrogen and oxygen atoms in total. The van der Waals surface area contributed by atoms with E-state index in [0.717, 1.165) is 17.5 Å². The SMILES string of the molecule is CCC[C@H](N)C(=O)Nc1cc(C)cc(C)c1O. The zero-order valence-corrected chi connectivity index (χ0v) is 10.6. The van der Waals surface area contributed by atoms with E-state index in [-0.39, 0.29) is 11.7 Å². The molecule has 0 saturated carbocycles. The van der Waals surface area contributed by atoms with Gasteiger partial charge in [-0.25, -0.2) is 0 Å². The van der Waals surface area contributed by atoms with Gasteiger partial charge < -0.3 is 16.2 Å². The monoisotopic (exact) mass is 236 g/mol. The minimum Gasteiger partial charge on any atom is -0.505 e. The molecule has 0 spiro atoms. The molecule has 0 fully saturated rings. The molecule has 94 valence electrons. The topological polar surface area (TPSA) is 75.4 Å². The normalized spacial score (nSPS) is 12.2. The van der Waals surface area contributed by atoms with Gasteiger partial charge in [-0.1, -0.05) is 19.4 Å². The second-order valence-corrected chi connectivity index (χ2v) is 4.36. The Morgan fingerprint density at radius 3 is 2.71 bits per heavy atom. The average Bonchev–Trinajstić information content (AvgIpc) is 2.25. The molecule has 4 N–H and O–H groups in total. The van der Waals surface area contributed by atoms with Crippen LogP contribution in [0.15, 0.2) is 12.1 Å². The van der Waals surface area contributed by atoms with Gasteiger partial charge in [-0.15, -0.1) is 0 Å². The minimum absolute atomic E-state index is 0.104. The lowest BCUT2D eigenvalue weighted by Gasteiger charge is -2.14. The van der Waals surface area contributed by atoms with Gasteiger partial charge in [0, 0.05) is 0 Å². The van der Waals surface area contributed by atoms with Crippen molar-refractivity contribution in [1.82, 2.24) is 0 Å². The van der Waals surface area contributed by atoms with Crippen LogP contribution in [-0.4, -0.2) is 17.1 Å². The molecule has 17 heavy (non-hydrogen) atoms. The fourth-order valence-corrected chi connectivity index (χ4v) is 1.72. The number of nitrogens with one attached hydrogen (secondary N) is 1. The van der Waals surface area contributed by atoms with Crippen molar-refractivity contribution in [1.29, 1.82) is 0 Å². The predicted octanol–water partition coefficient (Wildman–Crippen LogP) is 2.07. The Bertz CT molecular complexity index is 416. The van der Waals surface area contributed by atoms with Gasteiger partial charge in [-0.05, 0) is 37.5 Å². The number of carbonyl (C=O) groups excluding carboxylic acids is 1. The Hall–Kier alpha value is -1.55. The van der Waals surface area contributed by atoms with E-state index in [4.69, 9.17) is 5.73 Å². The Morgan fingerprint density at radius 2 is 2.12 bits per heavy atom. The van der Waals surface area contributed by atoms with Gasteiger partial charge in [0.1, 0.15) is 5.75 Å². The molecule has 1 atom stereocenters. The number of hydrogen-bond donors (Lipinski definition) is 3. The molecule has 1 rings (SSSR count). The van der Waals surface area contributed by atoms with Gasteiger partial charge in [0.05, 0.1) is 11.7 Å². The summed E-state index contributed by atoms with van der Waals surface area (Å²) in [6.07, 6.45) is 1.49. The molecule has 0 aliphatic carbocycles. The van der Waals surface area contributed by atoms with Crippen molar-refractivity contribution in [3.05, 3.63) is 23.3 Å². The van der Waals surface area contributed by atoms with Gasteiger partial charge in [0.25, 0.3) is 0 Å². The number of carbonyl (C=O) groups is 1. The van der Waals surface area contributed by atoms with Gasteiger partial charge >= 0.3 is 0 Å². The predicted molar refractivity (Wildman–Crippen MR) is 69.1 cm³/mol. The van der Waals surface area contributed by atoms with Gasteiger partial charge in [-0.2, -0.15) is 0 Å². The Kier molecular flexibility index (Phi) is 4.52. The number of phenolic OH excluding ortho intramolecular Hbond substituents is 1. The third-order valence-electron chi connectivity index (χ3n) is 2.64. The van der Waals surface area contributed by atoms with Crippen LogP contribution in [0.25, 0.3) is 0 Å². The van der Waals surface area contributed by atoms with Crippen molar-refractivity contribution in [2.45, 2.75) is 39.7 Å². The molecule has 1 amide bonds. The first kappa shape index (κ1) is 13.5. The number of rotatable bonds is 4. The van der Waals surface area contributed by atoms with E-state index in [1.54, 1.807) is 13.0 Å². The molecule has 0 aromatic heterocycles. The molecule has 0 unspecified atom stereocenters. The van der Waals surface area contributed by atoms with Crippen LogP contribution in [0.2, 0.25) is 0 Å². The first-order valence-corrected chi connectivity index (χ1v) is 5.82. The number of amides is 1. The zero-order chi connectivity index (χ0) is 13.0. The summed E-state index contributed by atoms with van der Waals surface area (Å²) in [4.78, 5) is 11.7. The lowest BCUT2D eigenvalue weighted by atomic mass is 10.1. The number of hydrogen-bond acceptors (Lipinski definition) is 3. The maximum Gasteiger partial charge on any atom is 0.241 e. The van der Waals surface area contributed by atoms with Crippen LogP contribution in [0.5, 0.6) is 5.75 Å². The number of benzene rings is 1. The number of aryl methyl sites for hydroxylation is 2. The molecule has 0 bridgehead atoms. The Morgan fingerprint density at radius 1 is 1.47 bits per heavy atom. The third kappa shape index (κ3) is 3.46. The summed E-state index contributed by atoms with van der Waals surface area (Å²) >= 11 is 0. The number of aromatic hydroxyl groups is 1. The van der Waals surface area contributed by atoms with E-state index < -0.39 is 6.04 Å². The van der Waals surface area contributed by atoms with Crippen molar-refractivity contribution in [3.8, 4) is 5.75 Å². The molecule has 0 heterocycles. The largest absolute Gasteiger partial charge is 0.505 e. The maximum absolute atomic E-state index is 11.7. The van der Waals surface area contributed by atoms with Crippen molar-refractivity contribution >= 4 is 11.6 Å². The van der Waals surface area contributed by atoms with Crippen LogP contribution in [0.3, 0.4) is 0 Å². The summed E-state index contributed by atoms with van der Waals surface area (Å²) in [6, 6.07) is 3.07. The number of phenols is 1. The highest BCUT2D eigenvalue weighted by molar-refractivity contribution is 5.96. The van der Waals surface area contributed by atoms with E-state index in [1.807, 2.05) is 19.9 Å². The van der Waals surface area contributed by atoms with Crippen LogP contribution in [0.4, 0.5) is 5.69 Å². The summed E-state index contributed by atoms with van der Waals surface area (Å²) < 4.78 is 0. The average molecular weight is 236 g/mol. The van der Waals surface area contributed by atoms with Crippen molar-refractivity contribution in [2.24, 2.45) is 5.73 Å². The Labute approximate surface area is 102 Å². The summed E-state index contributed by atoms with van der Waals surface area (Å²) in [7, 11) is 0. The van der Waals surface area contributed by atoms with E-state index in [9.17, 15) is 9.90 Å². The highest BCUT2D eigenvalue weighted by Crippen LogP contribution is 2.28. The molecule has 0 radical (unpaired) electrons. The first-order valence-electron chi connectivity index (χ1n) is 5.82. The zero-order valence-electron chi connectivity index (χ0n) is 10.6. The van der Waals surface area contributed by atoms with Crippen LogP contribution >= 0.6 is 0 Å². The van der Waals surface area contributed by atoms with Crippen LogP contribution in [-0.2, 0) is 4.79 Å². The second-order valence-electron chi connectivity index (χ2n) is 4.36. The lowest BCUT2D eigenvalue weighted by Crippen LogP contribution is -2.35. The molecule has 0 aliphatic rings. The van der Waals surface area contributed by atoms with Gasteiger partial charge in [0.15, 0.2) is 0 Å². The highest BCUT2D eigenvalue weighted by Gasteiger charge is 2.15. The molecular weight excluding hydrogens is 216 g/mol. The number of anilines is 1. The van der Waals surface area contributed by atoms with Gasteiger partial charge in [-0.3, -0.25) is 4.79 Å². The van der Waals surface area contributed by atoms with Crippen LogP contribution in [0, 0.1) is 13.8 Å². The summed E-state index contributed by atoms with van der Waals surface area (Å²) in [6.45, 7) is 5.68. The first-order chi connectivity index (χ1) is 7.95. The van der Waals surface area contributed by atoms with E-state index in [0.29, 0.717) is 12.1 Å². The molecule has 0 saturated heterocycles. The van der Waals surface area contributed by atoms with E-state index in [1.165, 1.54) is 0 Å². The quantitative estimate of drug-likeness (QED) is 0.700. The fourth-order valence-electron chi connectivity index (χ4n) is 1.72. The summed E-state index contributed by atoms with van der Waals surface area (Å²) in [5.41, 5.74) is 7.86. The van der Waals surface area contributed by atoms with Crippen molar-refractivity contribution in [2.75, 3.05) is 5.32 Å². The minimum atomic E-state index is -0.528. The summed E-state index contributed by atoms with van der Waals surface area (Å²) in [5, 5.41) is 12.5. The fraction of sp³-hybridized carbons (Fsp3) is 0.462. The number of nitrogens with two attached hydrogens (primary N) is 1. The molecule has 1 aromatic rings. The van der Waals surface area contributed by atoms with E-state index in [2.05, 4.69) is 5.32 Å². The second kappa shape index (κ2) is 5.68. The van der Waals surface area contributed by atoms with Crippen LogP contribution < -0.4 is 11.1 Å². The molecule has 0 aliphatic heterocycles. The maximum atomic E-state index is 11.7. The summed E-state index contributed by atoms with van der Waals surface area (Å²) in [5.74, 6) is -0.153. The lowest BCUT2D eigenvalue weighted by molar-refractivity contribution is -0.117. The molecule has 1 aromatic carbocycles. The van der Waals surface area contributed by atoms with Gasteiger partial charge in [0.2, 0.25) is 5.91 Å². The Balaban J connectivity index is 2.85.